The van der Waals surface area contributed by atoms with E-state index in [-0.39, 0.29) is 11.4 Å². The van der Waals surface area contributed by atoms with Gasteiger partial charge in [0.2, 0.25) is 0 Å². The molecule has 1 aromatic carbocycles. The number of benzene rings is 1. The van der Waals surface area contributed by atoms with Crippen LogP contribution in [0.4, 0.5) is 11.5 Å². The number of nitrogens with zero attached hydrogens (tertiary/aromatic N) is 4. The van der Waals surface area contributed by atoms with Gasteiger partial charge in [0.15, 0.2) is 0 Å². The number of allylic oxidation sites excluding steroid dienone is 3. The number of aryl methyl sites for hydroxylation is 1. The molecule has 0 saturated heterocycles. The first-order valence-electron chi connectivity index (χ1n) is 11.5. The van der Waals surface area contributed by atoms with Crippen molar-refractivity contribution in [2.45, 2.75) is 66.3 Å². The predicted molar refractivity (Wildman–Crippen MR) is 135 cm³/mol. The molecule has 2 heterocycles. The second-order valence-electron chi connectivity index (χ2n) is 9.93. The molecule has 2 aliphatic rings. The smallest absolute Gasteiger partial charge is 0.142 e. The van der Waals surface area contributed by atoms with Crippen molar-refractivity contribution in [1.82, 2.24) is 4.98 Å². The van der Waals surface area contributed by atoms with Gasteiger partial charge in [-0.25, -0.2) is 4.98 Å². The van der Waals surface area contributed by atoms with Crippen molar-refractivity contribution in [3.05, 3.63) is 56.8 Å². The molecule has 0 bridgehead atoms. The first kappa shape index (κ1) is 22.6. The van der Waals surface area contributed by atoms with Gasteiger partial charge in [-0.05, 0) is 105 Å². The van der Waals surface area contributed by atoms with Gasteiger partial charge in [-0.15, -0.1) is 0 Å². The molecule has 5 heteroatoms. The van der Waals surface area contributed by atoms with E-state index < -0.39 is 0 Å². The van der Waals surface area contributed by atoms with Crippen LogP contribution >= 0.6 is 0 Å². The molecular formula is C28H31N5. The second-order valence-corrected chi connectivity index (χ2v) is 9.93. The molecule has 0 radical (unpaired) electrons. The van der Waals surface area contributed by atoms with Crippen LogP contribution in [0.1, 0.15) is 86.0 Å². The molecule has 1 aliphatic carbocycles. The Morgan fingerprint density at radius 2 is 1.91 bits per heavy atom. The molecule has 0 saturated carbocycles. The quantitative estimate of drug-likeness (QED) is 0.611. The van der Waals surface area contributed by atoms with Gasteiger partial charge in [-0.1, -0.05) is 6.92 Å². The van der Waals surface area contributed by atoms with Crippen molar-refractivity contribution < 1.29 is 0 Å². The summed E-state index contributed by atoms with van der Waals surface area (Å²) in [5, 5.41) is 19.5. The third-order valence-electron chi connectivity index (χ3n) is 7.37. The first-order chi connectivity index (χ1) is 15.5. The minimum Gasteiger partial charge on any atom is -0.383 e. The monoisotopic (exact) mass is 437 g/mol. The molecular weight excluding hydrogens is 406 g/mol. The molecule has 5 nitrogen and oxygen atoms in total. The lowest BCUT2D eigenvalue weighted by Gasteiger charge is -2.47. The van der Waals surface area contributed by atoms with Crippen LogP contribution in [0.25, 0.3) is 17.2 Å². The van der Waals surface area contributed by atoms with Crippen molar-refractivity contribution in [2.24, 2.45) is 0 Å². The minimum absolute atomic E-state index is 0.120. The van der Waals surface area contributed by atoms with Gasteiger partial charge in [0.05, 0.1) is 16.8 Å². The normalized spacial score (nSPS) is 19.8. The Kier molecular flexibility index (Phi) is 5.33. The molecule has 0 unspecified atom stereocenters. The van der Waals surface area contributed by atoms with Crippen LogP contribution in [0.2, 0.25) is 0 Å². The molecule has 0 spiro atoms. The highest BCUT2D eigenvalue weighted by Gasteiger charge is 2.36. The summed E-state index contributed by atoms with van der Waals surface area (Å²) in [5.41, 5.74) is 16.1. The molecule has 0 fully saturated rings. The van der Waals surface area contributed by atoms with Crippen LogP contribution in [0.15, 0.2) is 17.7 Å². The lowest BCUT2D eigenvalue weighted by Crippen LogP contribution is -2.48. The van der Waals surface area contributed by atoms with E-state index in [1.165, 1.54) is 16.8 Å². The molecule has 168 valence electrons. The molecule has 33 heavy (non-hydrogen) atoms. The van der Waals surface area contributed by atoms with Gasteiger partial charge in [0.1, 0.15) is 18.0 Å². The zero-order chi connectivity index (χ0) is 24.2. The van der Waals surface area contributed by atoms with Gasteiger partial charge in [-0.3, -0.25) is 0 Å². The maximum Gasteiger partial charge on any atom is 0.142 e. The van der Waals surface area contributed by atoms with E-state index in [0.29, 0.717) is 22.7 Å². The van der Waals surface area contributed by atoms with E-state index in [2.05, 4.69) is 74.8 Å². The first-order valence-corrected chi connectivity index (χ1v) is 11.5. The summed E-state index contributed by atoms with van der Waals surface area (Å²) in [7, 11) is 0. The molecule has 0 amide bonds. The fourth-order valence-electron chi connectivity index (χ4n) is 5.76. The van der Waals surface area contributed by atoms with Gasteiger partial charge in [0.25, 0.3) is 0 Å². The SMILES string of the molecule is CCN1c2cc(C)c(/C=C3/C(C)=C(C#N)c4nc(N)c(C#N)c(C)c43)cc2[C@H](C)CC1(C)C. The van der Waals surface area contributed by atoms with Crippen molar-refractivity contribution in [3.63, 3.8) is 0 Å². The number of pyridine rings is 1. The topological polar surface area (TPSA) is 89.7 Å². The average Bonchev–Trinajstić information content (AvgIpc) is 2.99. The Bertz CT molecular complexity index is 1330. The van der Waals surface area contributed by atoms with Crippen LogP contribution in [-0.2, 0) is 0 Å². The third kappa shape index (κ3) is 3.31. The van der Waals surface area contributed by atoms with Crippen molar-refractivity contribution >= 4 is 28.7 Å². The van der Waals surface area contributed by atoms with E-state index in [1.807, 2.05) is 13.8 Å². The summed E-state index contributed by atoms with van der Waals surface area (Å²) in [5.74, 6) is 0.628. The van der Waals surface area contributed by atoms with Crippen LogP contribution < -0.4 is 10.6 Å². The summed E-state index contributed by atoms with van der Waals surface area (Å²) in [6, 6.07) is 9.09. The van der Waals surface area contributed by atoms with Gasteiger partial charge >= 0.3 is 0 Å². The van der Waals surface area contributed by atoms with Crippen LogP contribution in [0.5, 0.6) is 0 Å². The Morgan fingerprint density at radius 1 is 1.21 bits per heavy atom. The maximum absolute atomic E-state index is 9.84. The lowest BCUT2D eigenvalue weighted by molar-refractivity contribution is 0.381. The minimum atomic E-state index is 0.120. The Balaban J connectivity index is 1.95. The number of nitriles is 2. The lowest BCUT2D eigenvalue weighted by atomic mass is 9.79. The zero-order valence-corrected chi connectivity index (χ0v) is 20.6. The Morgan fingerprint density at radius 3 is 2.52 bits per heavy atom. The average molecular weight is 438 g/mol. The fraction of sp³-hybridized carbons (Fsp3) is 0.393. The highest BCUT2D eigenvalue weighted by atomic mass is 15.2. The Hall–Kier alpha value is -3.57. The molecule has 1 aliphatic heterocycles. The van der Waals surface area contributed by atoms with Gasteiger partial charge < -0.3 is 10.6 Å². The number of aromatic nitrogens is 1. The number of nitrogen functional groups attached to an aromatic ring is 1. The summed E-state index contributed by atoms with van der Waals surface area (Å²) in [6.07, 6.45) is 3.25. The molecule has 2 aromatic rings. The third-order valence-corrected chi connectivity index (χ3v) is 7.37. The van der Waals surface area contributed by atoms with E-state index in [9.17, 15) is 10.5 Å². The van der Waals surface area contributed by atoms with Crippen molar-refractivity contribution in [3.8, 4) is 12.1 Å². The number of nitrogens with two attached hydrogens (primary N) is 1. The largest absolute Gasteiger partial charge is 0.383 e. The van der Waals surface area contributed by atoms with Crippen LogP contribution in [0, 0.1) is 36.5 Å². The molecule has 1 aromatic heterocycles. The van der Waals surface area contributed by atoms with Crippen LogP contribution in [-0.4, -0.2) is 17.1 Å². The number of hydrogen-bond acceptors (Lipinski definition) is 5. The highest BCUT2D eigenvalue weighted by Crippen LogP contribution is 2.47. The van der Waals surface area contributed by atoms with Gasteiger partial charge in [-0.2, -0.15) is 10.5 Å². The predicted octanol–water partition coefficient (Wildman–Crippen LogP) is 6.12. The number of rotatable bonds is 2. The summed E-state index contributed by atoms with van der Waals surface area (Å²) in [6.45, 7) is 16.1. The highest BCUT2D eigenvalue weighted by molar-refractivity contribution is 6.09. The summed E-state index contributed by atoms with van der Waals surface area (Å²) >= 11 is 0. The fourth-order valence-corrected chi connectivity index (χ4v) is 5.76. The van der Waals surface area contributed by atoms with Gasteiger partial charge in [0, 0.05) is 23.3 Å². The molecule has 4 rings (SSSR count). The summed E-state index contributed by atoms with van der Waals surface area (Å²) < 4.78 is 0. The maximum atomic E-state index is 9.84. The zero-order valence-electron chi connectivity index (χ0n) is 20.6. The summed E-state index contributed by atoms with van der Waals surface area (Å²) in [4.78, 5) is 6.96. The van der Waals surface area contributed by atoms with Crippen molar-refractivity contribution in [2.75, 3.05) is 17.2 Å². The Labute approximate surface area is 196 Å². The van der Waals surface area contributed by atoms with E-state index in [4.69, 9.17) is 5.73 Å². The standard InChI is InChI=1S/C28H31N5/c1-8-33-24-9-15(2)19(10-20(24)16(3)12-28(33,6)7)11-21-17(4)22(13-29)26-25(21)18(5)23(14-30)27(31)32-26/h9-11,16H,8,12H2,1-7H3,(H2,31,32)/b21-11-/t16-/m1/s1. The molecule has 1 atom stereocenters. The van der Waals surface area contributed by atoms with Crippen molar-refractivity contribution in [1.29, 1.82) is 10.5 Å². The van der Waals surface area contributed by atoms with E-state index in [1.54, 1.807) is 0 Å². The number of anilines is 2. The van der Waals surface area contributed by atoms with E-state index in [0.717, 1.165) is 40.8 Å². The number of hydrogen-bond donors (Lipinski definition) is 1. The second kappa shape index (κ2) is 7.78. The van der Waals surface area contributed by atoms with E-state index >= 15 is 0 Å². The number of fused-ring (bicyclic) bond motifs is 2. The van der Waals surface area contributed by atoms with Crippen LogP contribution in [0.3, 0.4) is 0 Å². The molecule has 2 N–H and O–H groups in total.